The van der Waals surface area contributed by atoms with Gasteiger partial charge in [-0.05, 0) is 33.0 Å². The average molecular weight is 344 g/mol. The van der Waals surface area contributed by atoms with E-state index in [0.717, 1.165) is 30.3 Å². The van der Waals surface area contributed by atoms with Crippen LogP contribution in [0.15, 0.2) is 36.5 Å². The largest absolute Gasteiger partial charge is 0.321 e. The van der Waals surface area contributed by atoms with E-state index >= 15 is 0 Å². The summed E-state index contributed by atoms with van der Waals surface area (Å²) in [6.45, 7) is 5.73. The van der Waals surface area contributed by atoms with Crippen molar-refractivity contribution in [1.82, 2.24) is 24.2 Å². The predicted octanol–water partition coefficient (Wildman–Crippen LogP) is 3.51. The van der Waals surface area contributed by atoms with Crippen molar-refractivity contribution in [2.24, 2.45) is 7.05 Å². The zero-order valence-electron chi connectivity index (χ0n) is 14.5. The Hall–Kier alpha value is -2.11. The molecule has 1 aromatic carbocycles. The van der Waals surface area contributed by atoms with Gasteiger partial charge in [-0.25, -0.2) is 9.67 Å². The monoisotopic (exact) mass is 343 g/mol. The van der Waals surface area contributed by atoms with Crippen LogP contribution in [0.2, 0.25) is 5.15 Å². The first-order chi connectivity index (χ1) is 11.5. The molecule has 0 saturated carbocycles. The van der Waals surface area contributed by atoms with E-state index in [1.54, 1.807) is 6.20 Å². The number of hydrogen-bond acceptors (Lipinski definition) is 3. The third-order valence-corrected chi connectivity index (χ3v) is 4.66. The lowest BCUT2D eigenvalue weighted by atomic mass is 10.2. The summed E-state index contributed by atoms with van der Waals surface area (Å²) in [5, 5.41) is 5.37. The predicted molar refractivity (Wildman–Crippen MR) is 96.4 cm³/mol. The van der Waals surface area contributed by atoms with Crippen LogP contribution in [0.25, 0.3) is 5.69 Å². The van der Waals surface area contributed by atoms with Gasteiger partial charge in [0, 0.05) is 24.8 Å². The lowest BCUT2D eigenvalue weighted by molar-refractivity contribution is 0.306. The Kier molecular flexibility index (Phi) is 4.73. The summed E-state index contributed by atoms with van der Waals surface area (Å²) in [4.78, 5) is 6.59. The number of rotatable bonds is 5. The molecule has 0 bridgehead atoms. The van der Waals surface area contributed by atoms with Crippen LogP contribution in [0.5, 0.6) is 0 Å². The van der Waals surface area contributed by atoms with Gasteiger partial charge in [0.1, 0.15) is 11.0 Å². The zero-order valence-corrected chi connectivity index (χ0v) is 15.2. The second-order valence-electron chi connectivity index (χ2n) is 6.13. The summed E-state index contributed by atoms with van der Waals surface area (Å²) in [6, 6.07) is 10.2. The molecule has 5 nitrogen and oxygen atoms in total. The van der Waals surface area contributed by atoms with Gasteiger partial charge in [-0.15, -0.1) is 0 Å². The highest BCUT2D eigenvalue weighted by Gasteiger charge is 2.15. The Morgan fingerprint density at radius 3 is 2.46 bits per heavy atom. The summed E-state index contributed by atoms with van der Waals surface area (Å²) in [7, 11) is 4.02. The van der Waals surface area contributed by atoms with E-state index in [0.29, 0.717) is 5.15 Å². The van der Waals surface area contributed by atoms with E-state index in [4.69, 9.17) is 16.7 Å². The molecule has 3 aromatic rings. The molecule has 0 aliphatic rings. The molecule has 0 atom stereocenters. The summed E-state index contributed by atoms with van der Waals surface area (Å²) >= 11 is 6.06. The standard InChI is InChI=1S/C18H22ClN5/c1-13-16(11-22(3)12-18-20-10-17(19)23(18)4)14(2)24(21-13)15-8-6-5-7-9-15/h5-10H,11-12H2,1-4H3. The second-order valence-corrected chi connectivity index (χ2v) is 6.51. The van der Waals surface area contributed by atoms with Crippen LogP contribution >= 0.6 is 11.6 Å². The number of aromatic nitrogens is 4. The molecule has 0 unspecified atom stereocenters. The first-order valence-electron chi connectivity index (χ1n) is 7.92. The second kappa shape index (κ2) is 6.79. The molecule has 0 radical (unpaired) electrons. The summed E-state index contributed by atoms with van der Waals surface area (Å²) in [5.74, 6) is 0.952. The van der Waals surface area contributed by atoms with E-state index < -0.39 is 0 Å². The Balaban J connectivity index is 1.80. The first kappa shape index (κ1) is 16.7. The van der Waals surface area contributed by atoms with Crippen molar-refractivity contribution in [3.8, 4) is 5.69 Å². The van der Waals surface area contributed by atoms with Crippen LogP contribution in [0.1, 0.15) is 22.8 Å². The minimum absolute atomic E-state index is 0.655. The molecule has 126 valence electrons. The number of benzene rings is 1. The van der Waals surface area contributed by atoms with Gasteiger partial charge in [0.2, 0.25) is 0 Å². The molecule has 0 aliphatic carbocycles. The van der Waals surface area contributed by atoms with E-state index in [9.17, 15) is 0 Å². The lowest BCUT2D eigenvalue weighted by Gasteiger charge is -2.17. The van der Waals surface area contributed by atoms with Crippen molar-refractivity contribution in [3.63, 3.8) is 0 Å². The highest BCUT2D eigenvalue weighted by atomic mass is 35.5. The fourth-order valence-corrected chi connectivity index (χ4v) is 3.01. The van der Waals surface area contributed by atoms with Gasteiger partial charge in [0.25, 0.3) is 0 Å². The number of halogens is 1. The molecule has 0 amide bonds. The van der Waals surface area contributed by atoms with Crippen molar-refractivity contribution < 1.29 is 0 Å². The highest BCUT2D eigenvalue weighted by Crippen LogP contribution is 2.20. The minimum atomic E-state index is 0.655. The summed E-state index contributed by atoms with van der Waals surface area (Å²) in [5.41, 5.74) is 4.56. The van der Waals surface area contributed by atoms with Crippen molar-refractivity contribution in [2.45, 2.75) is 26.9 Å². The van der Waals surface area contributed by atoms with E-state index in [1.807, 2.05) is 34.5 Å². The Bertz CT molecular complexity index is 835. The topological polar surface area (TPSA) is 38.9 Å². The Labute approximate surface area is 147 Å². The van der Waals surface area contributed by atoms with Crippen LogP contribution in [-0.2, 0) is 20.1 Å². The third kappa shape index (κ3) is 3.23. The normalized spacial score (nSPS) is 11.4. The maximum Gasteiger partial charge on any atom is 0.128 e. The zero-order chi connectivity index (χ0) is 17.3. The molecule has 2 heterocycles. The SMILES string of the molecule is Cc1nn(-c2ccccc2)c(C)c1CN(C)Cc1ncc(Cl)n1C. The van der Waals surface area contributed by atoms with E-state index in [1.165, 1.54) is 11.3 Å². The molecule has 2 aromatic heterocycles. The molecule has 3 rings (SSSR count). The van der Waals surface area contributed by atoms with Crippen LogP contribution < -0.4 is 0 Å². The summed E-state index contributed by atoms with van der Waals surface area (Å²) < 4.78 is 3.92. The number of nitrogens with zero attached hydrogens (tertiary/aromatic N) is 5. The smallest absolute Gasteiger partial charge is 0.128 e. The van der Waals surface area contributed by atoms with Crippen LogP contribution in [0, 0.1) is 13.8 Å². The molecular weight excluding hydrogens is 322 g/mol. The quantitative estimate of drug-likeness (QED) is 0.711. The highest BCUT2D eigenvalue weighted by molar-refractivity contribution is 6.29. The number of aryl methyl sites for hydroxylation is 1. The van der Waals surface area contributed by atoms with Gasteiger partial charge < -0.3 is 4.57 Å². The van der Waals surface area contributed by atoms with Gasteiger partial charge in [-0.1, -0.05) is 29.8 Å². The number of imidazole rings is 1. The Morgan fingerprint density at radius 2 is 1.83 bits per heavy atom. The molecule has 6 heteroatoms. The average Bonchev–Trinajstić information content (AvgIpc) is 3.03. The third-order valence-electron chi connectivity index (χ3n) is 4.31. The molecule has 0 fully saturated rings. The number of para-hydroxylation sites is 1. The molecule has 0 N–H and O–H groups in total. The van der Waals surface area contributed by atoms with E-state index in [-0.39, 0.29) is 0 Å². The van der Waals surface area contributed by atoms with Gasteiger partial charge in [-0.3, -0.25) is 4.90 Å². The van der Waals surface area contributed by atoms with Crippen molar-refractivity contribution in [2.75, 3.05) is 7.05 Å². The molecule has 0 saturated heterocycles. The van der Waals surface area contributed by atoms with E-state index in [2.05, 4.69) is 42.9 Å². The van der Waals surface area contributed by atoms with Gasteiger partial charge in [-0.2, -0.15) is 5.10 Å². The lowest BCUT2D eigenvalue weighted by Crippen LogP contribution is -2.20. The molecule has 24 heavy (non-hydrogen) atoms. The van der Waals surface area contributed by atoms with Gasteiger partial charge in [0.05, 0.1) is 24.1 Å². The fourth-order valence-electron chi connectivity index (χ4n) is 2.86. The van der Waals surface area contributed by atoms with Crippen LogP contribution in [-0.4, -0.2) is 31.3 Å². The molecule has 0 aliphatic heterocycles. The van der Waals surface area contributed by atoms with Crippen LogP contribution in [0.4, 0.5) is 0 Å². The van der Waals surface area contributed by atoms with Crippen LogP contribution in [0.3, 0.4) is 0 Å². The summed E-state index contributed by atoms with van der Waals surface area (Å²) in [6.07, 6.45) is 1.69. The maximum absolute atomic E-state index is 6.06. The number of hydrogen-bond donors (Lipinski definition) is 0. The van der Waals surface area contributed by atoms with Crippen molar-refractivity contribution in [1.29, 1.82) is 0 Å². The molecule has 0 spiro atoms. The fraction of sp³-hybridized carbons (Fsp3) is 0.333. The maximum atomic E-state index is 6.06. The molecular formula is C18H22ClN5. The first-order valence-corrected chi connectivity index (χ1v) is 8.30. The Morgan fingerprint density at radius 1 is 1.12 bits per heavy atom. The van der Waals surface area contributed by atoms with Gasteiger partial charge in [0.15, 0.2) is 0 Å². The van der Waals surface area contributed by atoms with Crippen molar-refractivity contribution in [3.05, 3.63) is 64.5 Å². The van der Waals surface area contributed by atoms with Gasteiger partial charge >= 0.3 is 0 Å². The minimum Gasteiger partial charge on any atom is -0.321 e. The van der Waals surface area contributed by atoms with Crippen molar-refractivity contribution >= 4 is 11.6 Å².